The van der Waals surface area contributed by atoms with Gasteiger partial charge in [-0.2, -0.15) is 0 Å². The second kappa shape index (κ2) is 8.82. The van der Waals surface area contributed by atoms with Crippen molar-refractivity contribution in [2.45, 2.75) is 44.1 Å². The number of nitrogens with two attached hydrogens (primary N) is 1. The Morgan fingerprint density at radius 3 is 2.39 bits per heavy atom. The number of rotatable bonds is 8. The van der Waals surface area contributed by atoms with Crippen molar-refractivity contribution in [1.29, 1.82) is 0 Å². The van der Waals surface area contributed by atoms with Crippen LogP contribution in [0.2, 0.25) is 0 Å². The summed E-state index contributed by atoms with van der Waals surface area (Å²) in [7, 11) is 0. The molecule has 0 heterocycles. The summed E-state index contributed by atoms with van der Waals surface area (Å²) in [5, 5.41) is 37.9. The fourth-order valence-corrected chi connectivity index (χ4v) is 1.20. The Kier molecular flexibility index (Phi) is 8.23. The third-order valence-corrected chi connectivity index (χ3v) is 2.39. The van der Waals surface area contributed by atoms with Crippen LogP contribution in [0.3, 0.4) is 0 Å². The molecule has 0 amide bonds. The SMILES string of the molecule is CCC/C=C/C=C(/O)C(O)[C@@H](O)[C@H](O)[C@@H](N)C=O. The number of aliphatic hydroxyl groups is 4. The number of aliphatic hydroxyl groups excluding tert-OH is 4. The Bertz CT molecular complexity index is 303. The average molecular weight is 259 g/mol. The van der Waals surface area contributed by atoms with Gasteiger partial charge in [-0.25, -0.2) is 0 Å². The van der Waals surface area contributed by atoms with Crippen LogP contribution in [-0.2, 0) is 4.79 Å². The lowest BCUT2D eigenvalue weighted by atomic mass is 10.0. The zero-order valence-electron chi connectivity index (χ0n) is 10.3. The molecule has 6 nitrogen and oxygen atoms in total. The molecule has 0 radical (unpaired) electrons. The molecule has 18 heavy (non-hydrogen) atoms. The molecule has 0 rings (SSSR count). The number of carbonyl (C=O) groups excluding carboxylic acids is 1. The highest BCUT2D eigenvalue weighted by atomic mass is 16.4. The van der Waals surface area contributed by atoms with E-state index < -0.39 is 30.1 Å². The predicted octanol–water partition coefficient (Wildman–Crippen LogP) is -0.607. The Morgan fingerprint density at radius 2 is 1.89 bits per heavy atom. The van der Waals surface area contributed by atoms with Crippen LogP contribution in [0.25, 0.3) is 0 Å². The maximum atomic E-state index is 10.3. The van der Waals surface area contributed by atoms with Gasteiger partial charge in [-0.15, -0.1) is 0 Å². The first-order valence-corrected chi connectivity index (χ1v) is 5.76. The number of hydrogen-bond donors (Lipinski definition) is 5. The van der Waals surface area contributed by atoms with E-state index in [0.29, 0.717) is 0 Å². The molecule has 1 unspecified atom stereocenters. The van der Waals surface area contributed by atoms with Crippen LogP contribution in [-0.4, -0.2) is 51.1 Å². The van der Waals surface area contributed by atoms with Gasteiger partial charge in [-0.05, 0) is 12.5 Å². The molecule has 0 saturated heterocycles. The van der Waals surface area contributed by atoms with E-state index in [1.165, 1.54) is 12.2 Å². The molecule has 0 bridgehead atoms. The van der Waals surface area contributed by atoms with E-state index in [2.05, 4.69) is 0 Å². The fraction of sp³-hybridized carbons (Fsp3) is 0.583. The number of unbranched alkanes of at least 4 members (excludes halogenated alkanes) is 1. The second-order valence-electron chi connectivity index (χ2n) is 3.95. The Balaban J connectivity index is 4.52. The Morgan fingerprint density at radius 1 is 1.28 bits per heavy atom. The van der Waals surface area contributed by atoms with Gasteiger partial charge in [-0.1, -0.05) is 25.5 Å². The molecular weight excluding hydrogens is 238 g/mol. The first kappa shape index (κ1) is 16.8. The van der Waals surface area contributed by atoms with Gasteiger partial charge in [0.05, 0.1) is 6.04 Å². The van der Waals surface area contributed by atoms with Crippen molar-refractivity contribution >= 4 is 6.29 Å². The van der Waals surface area contributed by atoms with Crippen molar-refractivity contribution in [3.05, 3.63) is 24.0 Å². The molecule has 0 aromatic rings. The van der Waals surface area contributed by atoms with Gasteiger partial charge in [0, 0.05) is 0 Å². The van der Waals surface area contributed by atoms with Crippen molar-refractivity contribution in [1.82, 2.24) is 0 Å². The molecule has 0 saturated carbocycles. The van der Waals surface area contributed by atoms with E-state index in [1.807, 2.05) is 6.92 Å². The van der Waals surface area contributed by atoms with Crippen LogP contribution in [0.5, 0.6) is 0 Å². The van der Waals surface area contributed by atoms with E-state index in [-0.39, 0.29) is 6.29 Å². The lowest BCUT2D eigenvalue weighted by molar-refractivity contribution is -0.116. The van der Waals surface area contributed by atoms with Crippen LogP contribution in [0.1, 0.15) is 19.8 Å². The van der Waals surface area contributed by atoms with Crippen molar-refractivity contribution in [2.75, 3.05) is 0 Å². The minimum absolute atomic E-state index is 0.252. The summed E-state index contributed by atoms with van der Waals surface area (Å²) in [6, 6.07) is -1.32. The maximum Gasteiger partial charge on any atom is 0.139 e. The molecule has 4 atom stereocenters. The maximum absolute atomic E-state index is 10.3. The summed E-state index contributed by atoms with van der Waals surface area (Å²) in [6.07, 6.45) is 1.46. The number of aldehydes is 1. The summed E-state index contributed by atoms with van der Waals surface area (Å²) in [4.78, 5) is 10.3. The molecule has 6 heteroatoms. The van der Waals surface area contributed by atoms with Crippen molar-refractivity contribution in [2.24, 2.45) is 5.73 Å². The quantitative estimate of drug-likeness (QED) is 0.225. The average Bonchev–Trinajstić information content (AvgIpc) is 2.39. The molecule has 0 aliphatic carbocycles. The van der Waals surface area contributed by atoms with Crippen molar-refractivity contribution < 1.29 is 25.2 Å². The highest BCUT2D eigenvalue weighted by Gasteiger charge is 2.31. The Labute approximate surface area is 106 Å². The van der Waals surface area contributed by atoms with Crippen molar-refractivity contribution in [3.63, 3.8) is 0 Å². The zero-order valence-corrected chi connectivity index (χ0v) is 10.3. The lowest BCUT2D eigenvalue weighted by Crippen LogP contribution is -2.49. The summed E-state index contributed by atoms with van der Waals surface area (Å²) in [5.74, 6) is -0.507. The zero-order chi connectivity index (χ0) is 14.1. The monoisotopic (exact) mass is 259 g/mol. The van der Waals surface area contributed by atoms with Gasteiger partial charge in [0.1, 0.15) is 30.4 Å². The van der Waals surface area contributed by atoms with Crippen LogP contribution in [0, 0.1) is 0 Å². The van der Waals surface area contributed by atoms with Gasteiger partial charge >= 0.3 is 0 Å². The van der Waals surface area contributed by atoms with Gasteiger partial charge in [-0.3, -0.25) is 0 Å². The summed E-state index contributed by atoms with van der Waals surface area (Å²) < 4.78 is 0. The molecule has 0 fully saturated rings. The number of carbonyl (C=O) groups is 1. The largest absolute Gasteiger partial charge is 0.509 e. The summed E-state index contributed by atoms with van der Waals surface area (Å²) in [6.45, 7) is 1.99. The van der Waals surface area contributed by atoms with Crippen molar-refractivity contribution in [3.8, 4) is 0 Å². The number of hydrogen-bond acceptors (Lipinski definition) is 6. The third-order valence-electron chi connectivity index (χ3n) is 2.39. The second-order valence-corrected chi connectivity index (χ2v) is 3.95. The van der Waals surface area contributed by atoms with Crippen LogP contribution < -0.4 is 5.73 Å². The molecule has 0 aromatic heterocycles. The standard InChI is InChI=1S/C12H21NO5/c1-2-3-4-5-6-9(15)11(17)12(18)10(16)8(13)7-14/h4-8,10-12,15-18H,2-3,13H2,1H3/b5-4+,9-6+/t8-,10+,11?,12-/m0/s1. The molecule has 104 valence electrons. The first-order chi connectivity index (χ1) is 8.45. The minimum Gasteiger partial charge on any atom is -0.509 e. The van der Waals surface area contributed by atoms with Gasteiger partial charge in [0.25, 0.3) is 0 Å². The van der Waals surface area contributed by atoms with E-state index in [1.54, 1.807) is 6.08 Å². The third kappa shape index (κ3) is 5.42. The van der Waals surface area contributed by atoms with Gasteiger partial charge in [0.2, 0.25) is 0 Å². The minimum atomic E-state index is -1.74. The normalized spacial score (nSPS) is 19.5. The summed E-state index contributed by atoms with van der Waals surface area (Å²) >= 11 is 0. The van der Waals surface area contributed by atoms with E-state index in [9.17, 15) is 25.2 Å². The molecule has 0 aromatic carbocycles. The van der Waals surface area contributed by atoms with E-state index in [4.69, 9.17) is 5.73 Å². The highest BCUT2D eigenvalue weighted by Crippen LogP contribution is 2.09. The highest BCUT2D eigenvalue weighted by molar-refractivity contribution is 5.58. The summed E-state index contributed by atoms with van der Waals surface area (Å²) in [5.41, 5.74) is 5.19. The van der Waals surface area contributed by atoms with Crippen LogP contribution in [0.15, 0.2) is 24.0 Å². The molecular formula is C12H21NO5. The van der Waals surface area contributed by atoms with E-state index in [0.717, 1.165) is 12.8 Å². The molecule has 0 spiro atoms. The predicted molar refractivity (Wildman–Crippen MR) is 66.8 cm³/mol. The molecule has 6 N–H and O–H groups in total. The lowest BCUT2D eigenvalue weighted by Gasteiger charge is -2.24. The first-order valence-electron chi connectivity index (χ1n) is 5.76. The van der Waals surface area contributed by atoms with Gasteiger partial charge in [0.15, 0.2) is 0 Å². The van der Waals surface area contributed by atoms with E-state index >= 15 is 0 Å². The van der Waals surface area contributed by atoms with Crippen LogP contribution in [0.4, 0.5) is 0 Å². The topological polar surface area (TPSA) is 124 Å². The smallest absolute Gasteiger partial charge is 0.139 e. The number of allylic oxidation sites excluding steroid dienone is 3. The molecule has 0 aliphatic rings. The Hall–Kier alpha value is -1.21. The van der Waals surface area contributed by atoms with Gasteiger partial charge < -0.3 is 31.0 Å². The van der Waals surface area contributed by atoms with Crippen LogP contribution >= 0.6 is 0 Å². The fourth-order valence-electron chi connectivity index (χ4n) is 1.20. The molecule has 0 aliphatic heterocycles.